The minimum atomic E-state index is -3.70. The van der Waals surface area contributed by atoms with Gasteiger partial charge in [-0.15, -0.1) is 0 Å². The molecule has 0 radical (unpaired) electrons. The Balaban J connectivity index is 2.46. The van der Waals surface area contributed by atoms with Crippen LogP contribution in [0, 0.1) is 0 Å². The molecule has 4 nitrogen and oxygen atoms in total. The van der Waals surface area contributed by atoms with Crippen LogP contribution in [0.5, 0.6) is 0 Å². The van der Waals surface area contributed by atoms with Crippen molar-refractivity contribution in [3.05, 3.63) is 36.7 Å². The summed E-state index contributed by atoms with van der Waals surface area (Å²) in [5.41, 5.74) is 1.77. The molecule has 1 N–H and O–H groups in total. The van der Waals surface area contributed by atoms with Gasteiger partial charge in [-0.3, -0.25) is 4.98 Å². The summed E-state index contributed by atoms with van der Waals surface area (Å²) in [6.45, 7) is 0. The van der Waals surface area contributed by atoms with E-state index in [4.69, 9.17) is 10.7 Å². The number of aromatic amines is 1. The molecular weight excluding hydrogens is 260 g/mol. The molecule has 3 rings (SSSR count). The summed E-state index contributed by atoms with van der Waals surface area (Å²) in [6.07, 6.45) is 3.37. The number of hydrogen-bond donors (Lipinski definition) is 1. The van der Waals surface area contributed by atoms with E-state index in [-0.39, 0.29) is 4.90 Å². The van der Waals surface area contributed by atoms with E-state index in [1.807, 2.05) is 6.07 Å². The number of fused-ring (bicyclic) bond motifs is 3. The lowest BCUT2D eigenvalue weighted by Gasteiger charge is -1.96. The number of H-pyrrole nitrogens is 1. The molecule has 0 atom stereocenters. The number of halogens is 1. The van der Waals surface area contributed by atoms with Crippen LogP contribution in [0.4, 0.5) is 0 Å². The highest BCUT2D eigenvalue weighted by atomic mass is 35.7. The van der Waals surface area contributed by atoms with Crippen LogP contribution in [0.3, 0.4) is 0 Å². The normalized spacial score (nSPS) is 12.3. The Morgan fingerprint density at radius 1 is 1.12 bits per heavy atom. The molecule has 6 heteroatoms. The van der Waals surface area contributed by atoms with Crippen molar-refractivity contribution >= 4 is 41.5 Å². The van der Waals surface area contributed by atoms with E-state index >= 15 is 0 Å². The maximum atomic E-state index is 11.3. The summed E-state index contributed by atoms with van der Waals surface area (Å²) in [7, 11) is 1.62. The van der Waals surface area contributed by atoms with Gasteiger partial charge in [-0.1, -0.05) is 0 Å². The molecule has 0 bridgehead atoms. The summed E-state index contributed by atoms with van der Waals surface area (Å²) in [6, 6.07) is 6.57. The van der Waals surface area contributed by atoms with E-state index in [2.05, 4.69) is 9.97 Å². The Morgan fingerprint density at radius 3 is 2.65 bits per heavy atom. The summed E-state index contributed by atoms with van der Waals surface area (Å²) in [4.78, 5) is 7.30. The monoisotopic (exact) mass is 266 g/mol. The minimum Gasteiger partial charge on any atom is -0.354 e. The van der Waals surface area contributed by atoms with Crippen LogP contribution in [-0.2, 0) is 9.05 Å². The summed E-state index contributed by atoms with van der Waals surface area (Å²) in [5.74, 6) is 0. The van der Waals surface area contributed by atoms with Crippen molar-refractivity contribution in [2.45, 2.75) is 4.90 Å². The Hall–Kier alpha value is -1.59. The van der Waals surface area contributed by atoms with Crippen molar-refractivity contribution in [3.63, 3.8) is 0 Å². The first-order valence-corrected chi connectivity index (χ1v) is 7.17. The van der Waals surface area contributed by atoms with E-state index in [1.165, 1.54) is 6.07 Å². The number of aromatic nitrogens is 2. The largest absolute Gasteiger partial charge is 0.354 e. The highest BCUT2D eigenvalue weighted by molar-refractivity contribution is 8.13. The molecule has 0 unspecified atom stereocenters. The highest BCUT2D eigenvalue weighted by Crippen LogP contribution is 2.27. The van der Waals surface area contributed by atoms with Crippen LogP contribution >= 0.6 is 10.7 Å². The zero-order valence-electron chi connectivity index (χ0n) is 8.51. The number of hydrogen-bond acceptors (Lipinski definition) is 3. The topological polar surface area (TPSA) is 62.8 Å². The van der Waals surface area contributed by atoms with Gasteiger partial charge in [0, 0.05) is 44.9 Å². The first-order valence-electron chi connectivity index (χ1n) is 4.86. The number of nitrogens with one attached hydrogen (secondary N) is 1. The first kappa shape index (κ1) is 10.6. The van der Waals surface area contributed by atoms with Gasteiger partial charge in [0.1, 0.15) is 0 Å². The second kappa shape index (κ2) is 3.45. The first-order chi connectivity index (χ1) is 8.05. The van der Waals surface area contributed by atoms with E-state index in [9.17, 15) is 8.42 Å². The smallest absolute Gasteiger partial charge is 0.261 e. The average Bonchev–Trinajstić information content (AvgIpc) is 2.65. The predicted octanol–water partition coefficient (Wildman–Crippen LogP) is 2.64. The van der Waals surface area contributed by atoms with Crippen LogP contribution in [0.1, 0.15) is 0 Å². The Bertz CT molecular complexity index is 824. The van der Waals surface area contributed by atoms with Gasteiger partial charge in [0.15, 0.2) is 0 Å². The van der Waals surface area contributed by atoms with Gasteiger partial charge in [0.2, 0.25) is 0 Å². The lowest BCUT2D eigenvalue weighted by molar-refractivity contribution is 0.609. The SMILES string of the molecule is O=S(=O)(Cl)c1ccc2[nH]c3ccncc3c2c1. The molecular formula is C11H7ClN2O2S. The van der Waals surface area contributed by atoms with E-state index in [1.54, 1.807) is 24.5 Å². The Labute approximate surface area is 102 Å². The third-order valence-electron chi connectivity index (χ3n) is 2.65. The Kier molecular flexibility index (Phi) is 2.14. The van der Waals surface area contributed by atoms with Gasteiger partial charge in [-0.2, -0.15) is 0 Å². The summed E-state index contributed by atoms with van der Waals surface area (Å²) >= 11 is 0. The van der Waals surface area contributed by atoms with E-state index < -0.39 is 9.05 Å². The molecule has 0 fully saturated rings. The van der Waals surface area contributed by atoms with Crippen molar-refractivity contribution in [1.82, 2.24) is 9.97 Å². The molecule has 0 amide bonds. The molecule has 0 aliphatic heterocycles. The number of pyridine rings is 1. The van der Waals surface area contributed by atoms with Gasteiger partial charge in [-0.05, 0) is 24.3 Å². The van der Waals surface area contributed by atoms with E-state index in [0.29, 0.717) is 0 Å². The third kappa shape index (κ3) is 1.67. The number of benzene rings is 1. The molecule has 0 aliphatic carbocycles. The van der Waals surface area contributed by atoms with Crippen LogP contribution in [0.25, 0.3) is 21.8 Å². The van der Waals surface area contributed by atoms with Gasteiger partial charge < -0.3 is 4.98 Å². The molecule has 86 valence electrons. The molecule has 0 aliphatic rings. The molecule has 0 spiro atoms. The quantitative estimate of drug-likeness (QED) is 0.689. The third-order valence-corrected chi connectivity index (χ3v) is 4.00. The van der Waals surface area contributed by atoms with Crippen molar-refractivity contribution in [2.24, 2.45) is 0 Å². The second-order valence-corrected chi connectivity index (χ2v) is 6.26. The molecule has 2 aromatic heterocycles. The number of nitrogens with zero attached hydrogens (tertiary/aromatic N) is 1. The van der Waals surface area contributed by atoms with Gasteiger partial charge in [0.05, 0.1) is 4.90 Å². The summed E-state index contributed by atoms with van der Waals surface area (Å²) in [5, 5.41) is 1.68. The second-order valence-electron chi connectivity index (χ2n) is 3.69. The fraction of sp³-hybridized carbons (Fsp3) is 0. The van der Waals surface area contributed by atoms with Crippen molar-refractivity contribution in [1.29, 1.82) is 0 Å². The molecule has 3 aromatic rings. The average molecular weight is 267 g/mol. The molecule has 2 heterocycles. The number of rotatable bonds is 1. The van der Waals surface area contributed by atoms with E-state index in [0.717, 1.165) is 21.8 Å². The predicted molar refractivity (Wildman–Crippen MR) is 66.6 cm³/mol. The Morgan fingerprint density at radius 2 is 1.88 bits per heavy atom. The van der Waals surface area contributed by atoms with Crippen molar-refractivity contribution in [2.75, 3.05) is 0 Å². The maximum absolute atomic E-state index is 11.3. The highest BCUT2D eigenvalue weighted by Gasteiger charge is 2.12. The van der Waals surface area contributed by atoms with Gasteiger partial charge in [-0.25, -0.2) is 8.42 Å². The van der Waals surface area contributed by atoms with Crippen molar-refractivity contribution < 1.29 is 8.42 Å². The van der Waals surface area contributed by atoms with Crippen molar-refractivity contribution in [3.8, 4) is 0 Å². The molecule has 17 heavy (non-hydrogen) atoms. The lowest BCUT2D eigenvalue weighted by Crippen LogP contribution is -1.89. The lowest BCUT2D eigenvalue weighted by atomic mass is 10.2. The fourth-order valence-corrected chi connectivity index (χ4v) is 2.65. The minimum absolute atomic E-state index is 0.0939. The zero-order valence-corrected chi connectivity index (χ0v) is 10.1. The molecule has 0 saturated heterocycles. The van der Waals surface area contributed by atoms with Crippen LogP contribution in [0.2, 0.25) is 0 Å². The van der Waals surface area contributed by atoms with Gasteiger partial charge >= 0.3 is 0 Å². The van der Waals surface area contributed by atoms with Crippen LogP contribution in [-0.4, -0.2) is 18.4 Å². The summed E-state index contributed by atoms with van der Waals surface area (Å²) < 4.78 is 22.5. The molecule has 1 aromatic carbocycles. The van der Waals surface area contributed by atoms with Crippen LogP contribution < -0.4 is 0 Å². The standard InChI is InChI=1S/C11H7ClN2O2S/c12-17(15,16)7-1-2-10-8(5-7)9-6-13-4-3-11(9)14-10/h1-6,14H. The molecule has 0 saturated carbocycles. The fourth-order valence-electron chi connectivity index (χ4n) is 1.87. The zero-order chi connectivity index (χ0) is 12.0. The van der Waals surface area contributed by atoms with Crippen LogP contribution in [0.15, 0.2) is 41.6 Å². The van der Waals surface area contributed by atoms with Gasteiger partial charge in [0.25, 0.3) is 9.05 Å². The maximum Gasteiger partial charge on any atom is 0.261 e.